The van der Waals surface area contributed by atoms with Gasteiger partial charge in [0.2, 0.25) is 0 Å². The van der Waals surface area contributed by atoms with Crippen LogP contribution < -0.4 is 0 Å². The zero-order valence-electron chi connectivity index (χ0n) is 6.27. The van der Waals surface area contributed by atoms with Crippen LogP contribution in [0.2, 0.25) is 0 Å². The van der Waals surface area contributed by atoms with Crippen molar-refractivity contribution in [2.75, 3.05) is 0 Å². The van der Waals surface area contributed by atoms with Crippen LogP contribution in [0.3, 0.4) is 0 Å². The summed E-state index contributed by atoms with van der Waals surface area (Å²) in [7, 11) is 0. The lowest BCUT2D eigenvalue weighted by atomic mass is 10.4. The van der Waals surface area contributed by atoms with Crippen LogP contribution >= 0.6 is 11.8 Å². The van der Waals surface area contributed by atoms with E-state index in [0.29, 0.717) is 0 Å². The monoisotopic (exact) mass is 174 g/mol. The molecule has 12 heavy (non-hydrogen) atoms. The van der Waals surface area contributed by atoms with Crippen molar-refractivity contribution in [3.05, 3.63) is 36.7 Å². The molecule has 2 rings (SSSR count). The number of thiocyanates is 1. The summed E-state index contributed by atoms with van der Waals surface area (Å²) in [6.45, 7) is 0. The van der Waals surface area contributed by atoms with Crippen molar-refractivity contribution in [2.24, 2.45) is 0 Å². The van der Waals surface area contributed by atoms with Gasteiger partial charge >= 0.3 is 0 Å². The van der Waals surface area contributed by atoms with E-state index in [1.165, 1.54) is 11.8 Å². The maximum absolute atomic E-state index is 8.50. The number of rotatable bonds is 1. The third-order valence-corrected chi connectivity index (χ3v) is 2.34. The zero-order chi connectivity index (χ0) is 8.39. The molecule has 0 atom stereocenters. The SMILES string of the molecule is N#CSc1ccn2ccccc12. The molecule has 0 fully saturated rings. The summed E-state index contributed by atoms with van der Waals surface area (Å²) in [5.41, 5.74) is 1.09. The van der Waals surface area contributed by atoms with E-state index >= 15 is 0 Å². The lowest BCUT2D eigenvalue weighted by molar-refractivity contribution is 1.19. The van der Waals surface area contributed by atoms with Crippen LogP contribution in [-0.4, -0.2) is 4.40 Å². The molecule has 2 nitrogen and oxygen atoms in total. The van der Waals surface area contributed by atoms with Gasteiger partial charge in [0, 0.05) is 17.3 Å². The summed E-state index contributed by atoms with van der Waals surface area (Å²) >= 11 is 1.20. The first kappa shape index (κ1) is 7.26. The Morgan fingerprint density at radius 2 is 2.17 bits per heavy atom. The van der Waals surface area contributed by atoms with Crippen molar-refractivity contribution in [1.29, 1.82) is 5.26 Å². The molecule has 0 bridgehead atoms. The summed E-state index contributed by atoms with van der Waals surface area (Å²) in [6, 6.07) is 7.88. The fourth-order valence-corrected chi connectivity index (χ4v) is 1.67. The maximum Gasteiger partial charge on any atom is 0.138 e. The smallest absolute Gasteiger partial charge is 0.138 e. The number of thioether (sulfide) groups is 1. The zero-order valence-corrected chi connectivity index (χ0v) is 7.08. The molecular weight excluding hydrogens is 168 g/mol. The lowest BCUT2D eigenvalue weighted by Gasteiger charge is -1.92. The highest BCUT2D eigenvalue weighted by Gasteiger charge is 1.99. The van der Waals surface area contributed by atoms with E-state index in [1.807, 2.05) is 41.1 Å². The fourth-order valence-electron chi connectivity index (χ4n) is 1.16. The van der Waals surface area contributed by atoms with E-state index in [4.69, 9.17) is 5.26 Å². The van der Waals surface area contributed by atoms with E-state index in [0.717, 1.165) is 10.4 Å². The van der Waals surface area contributed by atoms with Crippen LogP contribution in [0.4, 0.5) is 0 Å². The number of pyridine rings is 1. The van der Waals surface area contributed by atoms with E-state index in [-0.39, 0.29) is 0 Å². The van der Waals surface area contributed by atoms with Gasteiger partial charge in [-0.3, -0.25) is 0 Å². The van der Waals surface area contributed by atoms with Crippen LogP contribution in [0.15, 0.2) is 41.6 Å². The average Bonchev–Trinajstić information content (AvgIpc) is 2.50. The molecule has 3 heteroatoms. The second-order valence-corrected chi connectivity index (χ2v) is 3.19. The highest BCUT2D eigenvalue weighted by atomic mass is 32.2. The van der Waals surface area contributed by atoms with Gasteiger partial charge in [0.05, 0.1) is 5.52 Å². The Morgan fingerprint density at radius 1 is 1.25 bits per heavy atom. The molecule has 0 aliphatic heterocycles. The summed E-state index contributed by atoms with van der Waals surface area (Å²) in [6.07, 6.45) is 3.92. The van der Waals surface area contributed by atoms with Gasteiger partial charge < -0.3 is 4.40 Å². The van der Waals surface area contributed by atoms with Crippen LogP contribution in [-0.2, 0) is 0 Å². The first-order valence-electron chi connectivity index (χ1n) is 3.53. The fraction of sp³-hybridized carbons (Fsp3) is 0. The second-order valence-electron chi connectivity index (χ2n) is 2.37. The Balaban J connectivity index is 2.64. The van der Waals surface area contributed by atoms with Crippen molar-refractivity contribution in [2.45, 2.75) is 4.90 Å². The van der Waals surface area contributed by atoms with Gasteiger partial charge in [-0.2, -0.15) is 5.26 Å². The summed E-state index contributed by atoms with van der Waals surface area (Å²) in [4.78, 5) is 1.01. The molecule has 2 aromatic rings. The molecular formula is C9H6N2S. The van der Waals surface area contributed by atoms with E-state index < -0.39 is 0 Å². The number of hydrogen-bond acceptors (Lipinski definition) is 2. The van der Waals surface area contributed by atoms with Crippen molar-refractivity contribution >= 4 is 17.3 Å². The Bertz CT molecular complexity index is 439. The number of nitriles is 1. The molecule has 0 amide bonds. The van der Waals surface area contributed by atoms with Crippen molar-refractivity contribution < 1.29 is 0 Å². The summed E-state index contributed by atoms with van der Waals surface area (Å²) in [5, 5.41) is 10.6. The first-order chi connectivity index (χ1) is 5.92. The average molecular weight is 174 g/mol. The Kier molecular flexibility index (Phi) is 1.77. The van der Waals surface area contributed by atoms with Gasteiger partial charge in [-0.15, -0.1) is 0 Å². The predicted molar refractivity (Wildman–Crippen MR) is 48.9 cm³/mol. The number of nitrogens with zero attached hydrogens (tertiary/aromatic N) is 2. The molecule has 0 N–H and O–H groups in total. The summed E-state index contributed by atoms with van der Waals surface area (Å²) in [5.74, 6) is 0. The van der Waals surface area contributed by atoms with E-state index in [9.17, 15) is 0 Å². The lowest BCUT2D eigenvalue weighted by Crippen LogP contribution is -1.77. The Labute approximate surface area is 74.4 Å². The Hall–Kier alpha value is -1.40. The Morgan fingerprint density at radius 3 is 3.00 bits per heavy atom. The molecule has 0 saturated carbocycles. The third-order valence-electron chi connectivity index (χ3n) is 1.68. The minimum absolute atomic E-state index is 1.01. The van der Waals surface area contributed by atoms with Crippen molar-refractivity contribution in [1.82, 2.24) is 4.40 Å². The van der Waals surface area contributed by atoms with Gasteiger partial charge in [-0.1, -0.05) is 6.07 Å². The van der Waals surface area contributed by atoms with Crippen LogP contribution in [0, 0.1) is 10.7 Å². The van der Waals surface area contributed by atoms with Crippen molar-refractivity contribution in [3.63, 3.8) is 0 Å². The quantitative estimate of drug-likeness (QED) is 0.491. The van der Waals surface area contributed by atoms with Gasteiger partial charge in [0.1, 0.15) is 5.40 Å². The number of hydrogen-bond donors (Lipinski definition) is 0. The highest BCUT2D eigenvalue weighted by Crippen LogP contribution is 2.23. The molecule has 0 aliphatic carbocycles. The van der Waals surface area contributed by atoms with Crippen LogP contribution in [0.25, 0.3) is 5.52 Å². The van der Waals surface area contributed by atoms with Gasteiger partial charge in [0.15, 0.2) is 0 Å². The maximum atomic E-state index is 8.50. The normalized spacial score (nSPS) is 9.92. The standard InChI is InChI=1S/C9H6N2S/c10-7-12-9-4-6-11-5-2-1-3-8(9)11/h1-6H. The van der Waals surface area contributed by atoms with Crippen LogP contribution in [0.1, 0.15) is 0 Å². The molecule has 0 spiro atoms. The number of fused-ring (bicyclic) bond motifs is 1. The molecule has 0 unspecified atom stereocenters. The topological polar surface area (TPSA) is 28.2 Å². The molecule has 0 saturated heterocycles. The van der Waals surface area contributed by atoms with Gasteiger partial charge in [-0.05, 0) is 30.0 Å². The highest BCUT2D eigenvalue weighted by molar-refractivity contribution is 8.03. The van der Waals surface area contributed by atoms with E-state index in [1.54, 1.807) is 0 Å². The largest absolute Gasteiger partial charge is 0.323 e. The molecule has 0 aromatic carbocycles. The first-order valence-corrected chi connectivity index (χ1v) is 4.35. The second kappa shape index (κ2) is 2.92. The van der Waals surface area contributed by atoms with Gasteiger partial charge in [-0.25, -0.2) is 0 Å². The molecule has 2 heterocycles. The predicted octanol–water partition coefficient (Wildman–Crippen LogP) is 2.51. The molecule has 0 radical (unpaired) electrons. The van der Waals surface area contributed by atoms with Crippen LogP contribution in [0.5, 0.6) is 0 Å². The molecule has 2 aromatic heterocycles. The van der Waals surface area contributed by atoms with Crippen molar-refractivity contribution in [3.8, 4) is 5.40 Å². The summed E-state index contributed by atoms with van der Waals surface area (Å²) < 4.78 is 2.00. The minimum Gasteiger partial charge on any atom is -0.323 e. The molecule has 58 valence electrons. The molecule has 0 aliphatic rings. The van der Waals surface area contributed by atoms with E-state index in [2.05, 4.69) is 5.40 Å². The number of aromatic nitrogens is 1. The van der Waals surface area contributed by atoms with Gasteiger partial charge in [0.25, 0.3) is 0 Å². The minimum atomic E-state index is 1.01. The third kappa shape index (κ3) is 1.06.